The van der Waals surface area contributed by atoms with Crippen LogP contribution >= 0.6 is 11.3 Å². The molecule has 0 spiro atoms. The smallest absolute Gasteiger partial charge is 0.207 e. The van der Waals surface area contributed by atoms with Gasteiger partial charge < -0.3 is 0 Å². The number of halogens is 1. The van der Waals surface area contributed by atoms with Crippen molar-refractivity contribution in [3.63, 3.8) is 0 Å². The summed E-state index contributed by atoms with van der Waals surface area (Å²) in [7, 11) is -3.71. The molecule has 21 heavy (non-hydrogen) atoms. The summed E-state index contributed by atoms with van der Waals surface area (Å²) in [4.78, 5) is -0.0676. The van der Waals surface area contributed by atoms with Gasteiger partial charge in [-0.2, -0.15) is 0 Å². The predicted octanol–water partition coefficient (Wildman–Crippen LogP) is 3.52. The molecule has 0 unspecified atom stereocenters. The monoisotopic (exact) mass is 321 g/mol. The van der Waals surface area contributed by atoms with Gasteiger partial charge in [0.2, 0.25) is 10.0 Å². The van der Waals surface area contributed by atoms with Crippen LogP contribution in [0, 0.1) is 5.82 Å². The van der Waals surface area contributed by atoms with Crippen molar-refractivity contribution in [1.29, 1.82) is 0 Å². The largest absolute Gasteiger partial charge is 0.240 e. The van der Waals surface area contributed by atoms with Crippen molar-refractivity contribution >= 4 is 31.4 Å². The van der Waals surface area contributed by atoms with Gasteiger partial charge in [0.15, 0.2) is 0 Å². The predicted molar refractivity (Wildman–Crippen MR) is 82.3 cm³/mol. The molecule has 0 atom stereocenters. The fourth-order valence-electron chi connectivity index (χ4n) is 2.06. The molecule has 0 bridgehead atoms. The van der Waals surface area contributed by atoms with E-state index in [0.717, 1.165) is 21.7 Å². The Morgan fingerprint density at radius 2 is 1.90 bits per heavy atom. The van der Waals surface area contributed by atoms with E-state index in [9.17, 15) is 12.8 Å². The van der Waals surface area contributed by atoms with Gasteiger partial charge in [-0.15, -0.1) is 11.3 Å². The zero-order valence-electron chi connectivity index (χ0n) is 10.9. The zero-order valence-corrected chi connectivity index (χ0v) is 12.5. The fourth-order valence-corrected chi connectivity index (χ4v) is 4.06. The lowest BCUT2D eigenvalue weighted by Crippen LogP contribution is -2.23. The number of hydrogen-bond acceptors (Lipinski definition) is 3. The first-order valence-corrected chi connectivity index (χ1v) is 8.63. The normalized spacial score (nSPS) is 11.9. The summed E-state index contributed by atoms with van der Waals surface area (Å²) < 4.78 is 41.0. The Kier molecular flexibility index (Phi) is 3.75. The summed E-state index contributed by atoms with van der Waals surface area (Å²) in [5, 5.41) is 2.96. The van der Waals surface area contributed by atoms with E-state index >= 15 is 0 Å². The minimum absolute atomic E-state index is 0.0676. The topological polar surface area (TPSA) is 46.2 Å². The average molecular weight is 321 g/mol. The van der Waals surface area contributed by atoms with Gasteiger partial charge in [0.25, 0.3) is 0 Å². The molecule has 0 fully saturated rings. The summed E-state index contributed by atoms with van der Waals surface area (Å²) in [6, 6.07) is 12.8. The van der Waals surface area contributed by atoms with E-state index in [1.807, 2.05) is 29.6 Å². The molecule has 0 aliphatic heterocycles. The molecule has 3 aromatic rings. The summed E-state index contributed by atoms with van der Waals surface area (Å²) in [5.41, 5.74) is 0.913. The summed E-state index contributed by atoms with van der Waals surface area (Å²) in [6.07, 6.45) is 0. The third-order valence-corrected chi connectivity index (χ3v) is 5.53. The van der Waals surface area contributed by atoms with Gasteiger partial charge in [0, 0.05) is 11.2 Å². The molecule has 1 N–H and O–H groups in total. The molecular weight excluding hydrogens is 309 g/mol. The number of sulfonamides is 1. The second-order valence-electron chi connectivity index (χ2n) is 4.54. The molecular formula is C15H12FNO2S2. The number of thiophene rings is 1. The van der Waals surface area contributed by atoms with Crippen LogP contribution in [-0.2, 0) is 16.6 Å². The molecule has 0 saturated carbocycles. The number of nitrogens with one attached hydrogen (secondary N) is 1. The van der Waals surface area contributed by atoms with E-state index in [1.165, 1.54) is 18.2 Å². The van der Waals surface area contributed by atoms with E-state index in [1.54, 1.807) is 11.3 Å². The number of hydrogen-bond donors (Lipinski definition) is 1. The second kappa shape index (κ2) is 5.55. The van der Waals surface area contributed by atoms with Crippen LogP contribution in [-0.4, -0.2) is 8.42 Å². The van der Waals surface area contributed by atoms with Crippen LogP contribution < -0.4 is 4.72 Å². The lowest BCUT2D eigenvalue weighted by Gasteiger charge is -2.06. The standard InChI is InChI=1S/C15H12FNO2S2/c16-12-4-3-5-13(8-12)21(18,19)17-9-11-10-20-15-7-2-1-6-14(11)15/h1-8,10,17H,9H2. The highest BCUT2D eigenvalue weighted by molar-refractivity contribution is 7.89. The quantitative estimate of drug-likeness (QED) is 0.799. The molecule has 108 valence electrons. The first-order valence-electron chi connectivity index (χ1n) is 6.26. The highest BCUT2D eigenvalue weighted by Crippen LogP contribution is 2.25. The molecule has 3 rings (SSSR count). The number of benzene rings is 2. The Hall–Kier alpha value is -1.76. The van der Waals surface area contributed by atoms with Gasteiger partial charge in [-0.25, -0.2) is 17.5 Å². The van der Waals surface area contributed by atoms with Crippen molar-refractivity contribution in [2.45, 2.75) is 11.4 Å². The molecule has 0 radical (unpaired) electrons. The first-order chi connectivity index (χ1) is 10.1. The lowest BCUT2D eigenvalue weighted by atomic mass is 10.2. The van der Waals surface area contributed by atoms with Crippen molar-refractivity contribution in [1.82, 2.24) is 4.72 Å². The van der Waals surface area contributed by atoms with Crippen LogP contribution in [0.1, 0.15) is 5.56 Å². The SMILES string of the molecule is O=S(=O)(NCc1csc2ccccc12)c1cccc(F)c1. The van der Waals surface area contributed by atoms with Crippen LogP contribution in [0.3, 0.4) is 0 Å². The summed E-state index contributed by atoms with van der Waals surface area (Å²) in [6.45, 7) is 0.183. The number of rotatable bonds is 4. The van der Waals surface area contributed by atoms with E-state index in [0.29, 0.717) is 0 Å². The van der Waals surface area contributed by atoms with Crippen LogP contribution in [0.4, 0.5) is 4.39 Å². The molecule has 3 nitrogen and oxygen atoms in total. The van der Waals surface area contributed by atoms with E-state index in [2.05, 4.69) is 4.72 Å². The van der Waals surface area contributed by atoms with Crippen molar-refractivity contribution in [2.75, 3.05) is 0 Å². The van der Waals surface area contributed by atoms with Gasteiger partial charge >= 0.3 is 0 Å². The van der Waals surface area contributed by atoms with E-state index in [-0.39, 0.29) is 11.4 Å². The maximum atomic E-state index is 13.1. The maximum absolute atomic E-state index is 13.1. The van der Waals surface area contributed by atoms with Gasteiger partial charge in [-0.1, -0.05) is 24.3 Å². The Morgan fingerprint density at radius 1 is 1.10 bits per heavy atom. The van der Waals surface area contributed by atoms with Gasteiger partial charge in [0.1, 0.15) is 5.82 Å². The Bertz CT molecular complexity index is 887. The molecule has 0 amide bonds. The highest BCUT2D eigenvalue weighted by Gasteiger charge is 2.15. The van der Waals surface area contributed by atoms with Crippen LogP contribution in [0.15, 0.2) is 58.8 Å². The molecule has 2 aromatic carbocycles. The second-order valence-corrected chi connectivity index (χ2v) is 7.22. The first kappa shape index (κ1) is 14.2. The molecule has 0 saturated heterocycles. The molecule has 6 heteroatoms. The third-order valence-electron chi connectivity index (χ3n) is 3.12. The zero-order chi connectivity index (χ0) is 14.9. The molecule has 0 aliphatic rings. The van der Waals surface area contributed by atoms with Gasteiger partial charge in [-0.05, 0) is 40.6 Å². The average Bonchev–Trinajstić information content (AvgIpc) is 2.88. The highest BCUT2D eigenvalue weighted by atomic mass is 32.2. The molecule has 1 heterocycles. The lowest BCUT2D eigenvalue weighted by molar-refractivity contribution is 0.577. The van der Waals surface area contributed by atoms with E-state index in [4.69, 9.17) is 0 Å². The van der Waals surface area contributed by atoms with Crippen LogP contribution in [0.5, 0.6) is 0 Å². The molecule has 0 aliphatic carbocycles. The molecule has 1 aromatic heterocycles. The third kappa shape index (κ3) is 2.97. The summed E-state index contributed by atoms with van der Waals surface area (Å²) >= 11 is 1.57. The Balaban J connectivity index is 1.84. The Morgan fingerprint density at radius 3 is 2.71 bits per heavy atom. The van der Waals surface area contributed by atoms with E-state index < -0.39 is 15.8 Å². The fraction of sp³-hybridized carbons (Fsp3) is 0.0667. The van der Waals surface area contributed by atoms with Crippen molar-refractivity contribution in [3.05, 3.63) is 65.3 Å². The minimum atomic E-state index is -3.71. The Labute approximate surface area is 126 Å². The minimum Gasteiger partial charge on any atom is -0.207 e. The van der Waals surface area contributed by atoms with Crippen molar-refractivity contribution in [2.24, 2.45) is 0 Å². The van der Waals surface area contributed by atoms with Crippen molar-refractivity contribution < 1.29 is 12.8 Å². The van der Waals surface area contributed by atoms with Gasteiger partial charge in [-0.3, -0.25) is 0 Å². The van der Waals surface area contributed by atoms with Crippen LogP contribution in [0.25, 0.3) is 10.1 Å². The summed E-state index contributed by atoms with van der Waals surface area (Å²) in [5.74, 6) is -0.571. The maximum Gasteiger partial charge on any atom is 0.240 e. The van der Waals surface area contributed by atoms with Crippen molar-refractivity contribution in [3.8, 4) is 0 Å². The van der Waals surface area contributed by atoms with Crippen LogP contribution in [0.2, 0.25) is 0 Å². The number of fused-ring (bicyclic) bond motifs is 1. The van der Waals surface area contributed by atoms with Gasteiger partial charge in [0.05, 0.1) is 4.90 Å².